The molecular weight excluding hydrogens is 213 g/mol. The lowest BCUT2D eigenvalue weighted by molar-refractivity contribution is 0.600. The van der Waals surface area contributed by atoms with Crippen molar-refractivity contribution in [2.45, 2.75) is 6.54 Å². The van der Waals surface area contributed by atoms with Crippen LogP contribution in [0, 0.1) is 5.82 Å². The second kappa shape index (κ2) is 5.92. The van der Waals surface area contributed by atoms with Gasteiger partial charge in [-0.3, -0.25) is 0 Å². The third kappa shape index (κ3) is 3.07. The summed E-state index contributed by atoms with van der Waals surface area (Å²) >= 11 is 1.72. The maximum absolute atomic E-state index is 13.8. The smallest absolute Gasteiger partial charge is 0.170 e. The fraction of sp³-hybridized carbons (Fsp3) is 0.500. The second-order valence-corrected chi connectivity index (χ2v) is 4.21. The molecule has 0 aliphatic carbocycles. The van der Waals surface area contributed by atoms with Crippen molar-refractivity contribution in [1.29, 1.82) is 0 Å². The van der Waals surface area contributed by atoms with Crippen LogP contribution in [0.1, 0.15) is 5.56 Å². The zero-order chi connectivity index (χ0) is 11.3. The van der Waals surface area contributed by atoms with Gasteiger partial charge in [0.1, 0.15) is 0 Å². The van der Waals surface area contributed by atoms with Gasteiger partial charge in [0.05, 0.1) is 0 Å². The third-order valence-corrected chi connectivity index (χ3v) is 2.75. The summed E-state index contributed by atoms with van der Waals surface area (Å²) in [5.41, 5.74) is 5.94. The molecule has 1 aromatic rings. The highest BCUT2D eigenvalue weighted by atomic mass is 32.2. The molecule has 0 saturated carbocycles. The minimum absolute atomic E-state index is 0.206. The van der Waals surface area contributed by atoms with Gasteiger partial charge in [0, 0.05) is 37.7 Å². The summed E-state index contributed by atoms with van der Waals surface area (Å²) < 4.78 is 13.8. The maximum atomic E-state index is 13.8. The number of anilines is 1. The van der Waals surface area contributed by atoms with Crippen LogP contribution in [-0.2, 0) is 6.54 Å². The van der Waals surface area contributed by atoms with E-state index in [1.807, 2.05) is 18.2 Å². The molecule has 0 amide bonds. The van der Waals surface area contributed by atoms with E-state index in [1.165, 1.54) is 0 Å². The first-order valence-electron chi connectivity index (χ1n) is 4.74. The van der Waals surface area contributed by atoms with E-state index in [9.17, 15) is 4.39 Å². The number of thioether (sulfide) groups is 1. The Morgan fingerprint density at radius 1 is 1.60 bits per heavy atom. The van der Waals surface area contributed by atoms with Crippen LogP contribution in [0.3, 0.4) is 0 Å². The van der Waals surface area contributed by atoms with E-state index in [1.54, 1.807) is 24.0 Å². The molecule has 0 aliphatic rings. The number of halogens is 1. The van der Waals surface area contributed by atoms with E-state index in [-0.39, 0.29) is 12.4 Å². The summed E-state index contributed by atoms with van der Waals surface area (Å²) in [6.45, 7) is 0.983. The predicted molar refractivity (Wildman–Crippen MR) is 63.7 cm³/mol. The van der Waals surface area contributed by atoms with E-state index in [4.69, 9.17) is 5.73 Å². The lowest BCUT2D eigenvalue weighted by atomic mass is 10.2. The van der Waals surface area contributed by atoms with E-state index < -0.39 is 0 Å². The van der Waals surface area contributed by atoms with Crippen LogP contribution >= 0.6 is 11.8 Å². The van der Waals surface area contributed by atoms with Crippen molar-refractivity contribution in [3.05, 3.63) is 23.6 Å². The topological polar surface area (TPSA) is 42.2 Å². The third-order valence-electron chi connectivity index (χ3n) is 2.16. The molecule has 0 saturated heterocycles. The molecule has 0 unspecified atom stereocenters. The van der Waals surface area contributed by atoms with Gasteiger partial charge in [0.25, 0.3) is 0 Å². The minimum atomic E-state index is -0.302. The zero-order valence-corrected chi connectivity index (χ0v) is 9.85. The Kier molecular flexibility index (Phi) is 4.84. The summed E-state index contributed by atoms with van der Waals surface area (Å²) in [5, 5.41) is 0. The van der Waals surface area contributed by atoms with Crippen molar-refractivity contribution in [3.8, 4) is 0 Å². The Morgan fingerprint density at radius 3 is 2.93 bits per heavy atom. The Bertz CT molecular complexity index is 320. The zero-order valence-electron chi connectivity index (χ0n) is 9.03. The van der Waals surface area contributed by atoms with E-state index in [2.05, 4.69) is 4.98 Å². The van der Waals surface area contributed by atoms with Crippen molar-refractivity contribution in [1.82, 2.24) is 4.98 Å². The van der Waals surface area contributed by atoms with Crippen LogP contribution in [0.5, 0.6) is 0 Å². The lowest BCUT2D eigenvalue weighted by Gasteiger charge is -2.18. The molecule has 84 valence electrons. The first-order chi connectivity index (χ1) is 7.20. The van der Waals surface area contributed by atoms with Gasteiger partial charge >= 0.3 is 0 Å². The number of nitrogens with two attached hydrogens (primary N) is 1. The average Bonchev–Trinajstić information content (AvgIpc) is 2.26. The molecule has 1 aromatic heterocycles. The maximum Gasteiger partial charge on any atom is 0.170 e. The fourth-order valence-corrected chi connectivity index (χ4v) is 1.69. The normalized spacial score (nSPS) is 10.4. The summed E-state index contributed by atoms with van der Waals surface area (Å²) in [5.74, 6) is 1.03. The average molecular weight is 229 g/mol. The highest BCUT2D eigenvalue weighted by Gasteiger charge is 2.11. The van der Waals surface area contributed by atoms with Gasteiger partial charge in [-0.25, -0.2) is 9.37 Å². The molecule has 1 rings (SSSR count). The van der Waals surface area contributed by atoms with Crippen LogP contribution in [0.25, 0.3) is 0 Å². The van der Waals surface area contributed by atoms with Crippen molar-refractivity contribution in [2.24, 2.45) is 5.73 Å². The van der Waals surface area contributed by atoms with Crippen molar-refractivity contribution >= 4 is 17.6 Å². The molecular formula is C10H16FN3S. The van der Waals surface area contributed by atoms with Crippen LogP contribution in [-0.4, -0.2) is 30.6 Å². The van der Waals surface area contributed by atoms with Gasteiger partial charge in [-0.05, 0) is 12.3 Å². The summed E-state index contributed by atoms with van der Waals surface area (Å²) in [6.07, 6.45) is 3.62. The molecule has 0 aromatic carbocycles. The highest BCUT2D eigenvalue weighted by Crippen LogP contribution is 2.17. The molecule has 3 nitrogen and oxygen atoms in total. The summed E-state index contributed by atoms with van der Waals surface area (Å²) in [7, 11) is 1.84. The quantitative estimate of drug-likeness (QED) is 0.830. The van der Waals surface area contributed by atoms with Crippen molar-refractivity contribution < 1.29 is 4.39 Å². The Morgan fingerprint density at radius 2 is 2.33 bits per heavy atom. The molecule has 15 heavy (non-hydrogen) atoms. The standard InChI is InChI=1S/C10H16FN3S/c1-14(5-6-15-2)10-9(11)8(7-12)3-4-13-10/h3-4H,5-7,12H2,1-2H3. The van der Waals surface area contributed by atoms with Gasteiger partial charge in [0.15, 0.2) is 11.6 Å². The van der Waals surface area contributed by atoms with E-state index in [0.717, 1.165) is 12.3 Å². The van der Waals surface area contributed by atoms with Gasteiger partial charge in [-0.15, -0.1) is 0 Å². The van der Waals surface area contributed by atoms with E-state index in [0.29, 0.717) is 11.4 Å². The molecule has 0 spiro atoms. The van der Waals surface area contributed by atoms with E-state index >= 15 is 0 Å². The first-order valence-corrected chi connectivity index (χ1v) is 6.13. The number of rotatable bonds is 5. The van der Waals surface area contributed by atoms with Crippen LogP contribution < -0.4 is 10.6 Å². The molecule has 1 heterocycles. The second-order valence-electron chi connectivity index (χ2n) is 3.23. The Labute approximate surface area is 93.9 Å². The Hall–Kier alpha value is -0.810. The molecule has 0 bridgehead atoms. The summed E-state index contributed by atoms with van der Waals surface area (Å²) in [4.78, 5) is 5.84. The SMILES string of the molecule is CSCCN(C)c1nccc(CN)c1F. The molecule has 0 aliphatic heterocycles. The largest absolute Gasteiger partial charge is 0.356 e. The van der Waals surface area contributed by atoms with Gasteiger partial charge < -0.3 is 10.6 Å². The van der Waals surface area contributed by atoms with Crippen LogP contribution in [0.15, 0.2) is 12.3 Å². The molecule has 2 N–H and O–H groups in total. The van der Waals surface area contributed by atoms with Gasteiger partial charge in [-0.1, -0.05) is 0 Å². The van der Waals surface area contributed by atoms with Crippen LogP contribution in [0.4, 0.5) is 10.2 Å². The highest BCUT2D eigenvalue weighted by molar-refractivity contribution is 7.98. The lowest BCUT2D eigenvalue weighted by Crippen LogP contribution is -2.23. The van der Waals surface area contributed by atoms with Crippen molar-refractivity contribution in [2.75, 3.05) is 30.5 Å². The molecule has 0 radical (unpaired) electrons. The number of hydrogen-bond donors (Lipinski definition) is 1. The molecule has 5 heteroatoms. The first kappa shape index (κ1) is 12.3. The molecule has 0 fully saturated rings. The monoisotopic (exact) mass is 229 g/mol. The molecule has 0 atom stereocenters. The number of aromatic nitrogens is 1. The number of hydrogen-bond acceptors (Lipinski definition) is 4. The van der Waals surface area contributed by atoms with Gasteiger partial charge in [0.2, 0.25) is 0 Å². The van der Waals surface area contributed by atoms with Crippen LogP contribution in [0.2, 0.25) is 0 Å². The summed E-state index contributed by atoms with van der Waals surface area (Å²) in [6, 6.07) is 1.61. The predicted octanol–water partition coefficient (Wildman–Crippen LogP) is 1.48. The Balaban J connectivity index is 2.83. The minimum Gasteiger partial charge on any atom is -0.356 e. The van der Waals surface area contributed by atoms with Gasteiger partial charge in [-0.2, -0.15) is 11.8 Å². The van der Waals surface area contributed by atoms with Crippen molar-refractivity contribution in [3.63, 3.8) is 0 Å². The fourth-order valence-electron chi connectivity index (χ4n) is 1.23. The number of nitrogens with zero attached hydrogens (tertiary/aromatic N) is 2. The number of pyridine rings is 1.